The molecule has 2 rings (SSSR count). The maximum Gasteiger partial charge on any atom is 0.373 e. The molecule has 6 heteroatoms. The number of aromatic carboxylic acids is 1. The predicted octanol–water partition coefficient (Wildman–Crippen LogP) is 2.43. The van der Waals surface area contributed by atoms with Crippen LogP contribution in [-0.2, 0) is 0 Å². The smallest absolute Gasteiger partial charge is 0.373 e. The van der Waals surface area contributed by atoms with Crippen LogP contribution in [0.4, 0.5) is 8.78 Å². The number of halogens is 2. The summed E-state index contributed by atoms with van der Waals surface area (Å²) in [6.07, 6.45) is 0. The summed E-state index contributed by atoms with van der Waals surface area (Å²) < 4.78 is 26.3. The largest absolute Gasteiger partial charge is 0.475 e. The van der Waals surface area contributed by atoms with Gasteiger partial charge in [0.1, 0.15) is 11.6 Å². The first-order valence-corrected chi connectivity index (χ1v) is 5.02. The highest BCUT2D eigenvalue weighted by Crippen LogP contribution is 2.22. The van der Waals surface area contributed by atoms with Gasteiger partial charge in [0.05, 0.1) is 5.69 Å². The van der Waals surface area contributed by atoms with E-state index < -0.39 is 23.4 Å². The minimum atomic E-state index is -1.30. The Morgan fingerprint density at radius 2 is 1.94 bits per heavy atom. The molecule has 0 saturated carbocycles. The van der Waals surface area contributed by atoms with Gasteiger partial charge in [-0.3, -0.25) is 0 Å². The second-order valence-corrected chi connectivity index (χ2v) is 3.65. The van der Waals surface area contributed by atoms with Crippen molar-refractivity contribution < 1.29 is 18.7 Å². The summed E-state index contributed by atoms with van der Waals surface area (Å²) >= 11 is 0. The van der Waals surface area contributed by atoms with Crippen LogP contribution < -0.4 is 0 Å². The summed E-state index contributed by atoms with van der Waals surface area (Å²) in [5.74, 6) is -3.24. The second-order valence-electron chi connectivity index (χ2n) is 3.65. The van der Waals surface area contributed by atoms with Crippen molar-refractivity contribution >= 4 is 5.97 Å². The third-order valence-electron chi connectivity index (χ3n) is 2.25. The zero-order valence-corrected chi connectivity index (χ0v) is 9.32. The van der Waals surface area contributed by atoms with Crippen molar-refractivity contribution in [3.8, 4) is 11.3 Å². The maximum absolute atomic E-state index is 13.6. The van der Waals surface area contributed by atoms with E-state index in [9.17, 15) is 13.6 Å². The van der Waals surface area contributed by atoms with E-state index in [1.807, 2.05) is 0 Å². The van der Waals surface area contributed by atoms with Crippen molar-refractivity contribution in [2.24, 2.45) is 0 Å². The van der Waals surface area contributed by atoms with Gasteiger partial charge in [-0.1, -0.05) is 0 Å². The van der Waals surface area contributed by atoms with Crippen LogP contribution in [-0.4, -0.2) is 21.0 Å². The van der Waals surface area contributed by atoms with Gasteiger partial charge >= 0.3 is 5.97 Å². The highest BCUT2D eigenvalue weighted by atomic mass is 19.1. The highest BCUT2D eigenvalue weighted by Gasteiger charge is 2.13. The van der Waals surface area contributed by atoms with Crippen molar-refractivity contribution in [2.45, 2.75) is 6.92 Å². The third-order valence-corrected chi connectivity index (χ3v) is 2.25. The van der Waals surface area contributed by atoms with Crippen molar-refractivity contribution in [1.82, 2.24) is 9.97 Å². The topological polar surface area (TPSA) is 63.1 Å². The Morgan fingerprint density at radius 1 is 1.22 bits per heavy atom. The third kappa shape index (κ3) is 2.32. The SMILES string of the molecule is Cc1cc(-c2ccc(F)cc2F)nc(C(=O)O)n1. The molecule has 0 atom stereocenters. The van der Waals surface area contributed by atoms with E-state index in [1.165, 1.54) is 12.1 Å². The normalized spacial score (nSPS) is 10.4. The van der Waals surface area contributed by atoms with Crippen LogP contribution in [0.5, 0.6) is 0 Å². The van der Waals surface area contributed by atoms with E-state index in [0.717, 1.165) is 6.07 Å². The number of nitrogens with zero attached hydrogens (tertiary/aromatic N) is 2. The van der Waals surface area contributed by atoms with Crippen LogP contribution in [0.25, 0.3) is 11.3 Å². The molecule has 2 aromatic rings. The fourth-order valence-corrected chi connectivity index (χ4v) is 1.50. The number of carboxylic acid groups (broad SMARTS) is 1. The Balaban J connectivity index is 2.60. The monoisotopic (exact) mass is 250 g/mol. The highest BCUT2D eigenvalue weighted by molar-refractivity contribution is 5.84. The number of hydrogen-bond acceptors (Lipinski definition) is 3. The number of hydrogen-bond donors (Lipinski definition) is 1. The maximum atomic E-state index is 13.6. The molecule has 1 N–H and O–H groups in total. The molecule has 0 radical (unpaired) electrons. The first-order valence-electron chi connectivity index (χ1n) is 5.02. The predicted molar refractivity (Wildman–Crippen MR) is 59.1 cm³/mol. The average molecular weight is 250 g/mol. The minimum absolute atomic E-state index is 0.0319. The minimum Gasteiger partial charge on any atom is -0.475 e. The summed E-state index contributed by atoms with van der Waals surface area (Å²) in [5, 5.41) is 8.82. The van der Waals surface area contributed by atoms with Gasteiger partial charge in [0.15, 0.2) is 0 Å². The molecule has 0 spiro atoms. The molecule has 0 aliphatic carbocycles. The summed E-state index contributed by atoms with van der Waals surface area (Å²) in [5.41, 5.74) is 0.530. The molecule has 4 nitrogen and oxygen atoms in total. The molecule has 0 unspecified atom stereocenters. The summed E-state index contributed by atoms with van der Waals surface area (Å²) in [7, 11) is 0. The van der Waals surface area contributed by atoms with Crippen LogP contribution in [0.3, 0.4) is 0 Å². The van der Waals surface area contributed by atoms with Gasteiger partial charge in [-0.05, 0) is 25.1 Å². The van der Waals surface area contributed by atoms with Gasteiger partial charge in [0.25, 0.3) is 0 Å². The Bertz CT molecular complexity index is 629. The molecule has 1 aromatic carbocycles. The molecule has 0 fully saturated rings. The van der Waals surface area contributed by atoms with Gasteiger partial charge in [-0.25, -0.2) is 23.5 Å². The zero-order valence-electron chi connectivity index (χ0n) is 9.32. The first kappa shape index (κ1) is 12.1. The van der Waals surface area contributed by atoms with E-state index in [-0.39, 0.29) is 11.3 Å². The average Bonchev–Trinajstić information content (AvgIpc) is 2.27. The summed E-state index contributed by atoms with van der Waals surface area (Å²) in [6.45, 7) is 1.57. The van der Waals surface area contributed by atoms with Crippen LogP contribution in [0.2, 0.25) is 0 Å². The van der Waals surface area contributed by atoms with Crippen molar-refractivity contribution in [3.63, 3.8) is 0 Å². The molecular weight excluding hydrogens is 242 g/mol. The standard InChI is InChI=1S/C12H8F2N2O2/c1-6-4-10(16-11(15-6)12(17)18)8-3-2-7(13)5-9(8)14/h2-5H,1H3,(H,17,18). The van der Waals surface area contributed by atoms with Crippen molar-refractivity contribution in [3.05, 3.63) is 47.4 Å². The Kier molecular flexibility index (Phi) is 3.01. The number of carbonyl (C=O) groups is 1. The fourth-order valence-electron chi connectivity index (χ4n) is 1.50. The van der Waals surface area contributed by atoms with E-state index in [0.29, 0.717) is 11.8 Å². The van der Waals surface area contributed by atoms with Gasteiger partial charge in [-0.15, -0.1) is 0 Å². The lowest BCUT2D eigenvalue weighted by molar-refractivity contribution is 0.0683. The van der Waals surface area contributed by atoms with Crippen LogP contribution in [0.15, 0.2) is 24.3 Å². The molecular formula is C12H8F2N2O2. The Labute approximate surface area is 101 Å². The van der Waals surface area contributed by atoms with Gasteiger partial charge in [0.2, 0.25) is 5.82 Å². The Morgan fingerprint density at radius 3 is 2.56 bits per heavy atom. The molecule has 0 amide bonds. The van der Waals surface area contributed by atoms with E-state index in [4.69, 9.17) is 5.11 Å². The van der Waals surface area contributed by atoms with Gasteiger partial charge in [-0.2, -0.15) is 0 Å². The molecule has 18 heavy (non-hydrogen) atoms. The zero-order chi connectivity index (χ0) is 13.3. The van der Waals surface area contributed by atoms with E-state index in [1.54, 1.807) is 6.92 Å². The molecule has 0 bridgehead atoms. The number of aryl methyl sites for hydroxylation is 1. The van der Waals surface area contributed by atoms with Gasteiger partial charge in [0, 0.05) is 17.3 Å². The number of aromatic nitrogens is 2. The lowest BCUT2D eigenvalue weighted by Crippen LogP contribution is -2.06. The number of rotatable bonds is 2. The Hall–Kier alpha value is -2.37. The molecule has 92 valence electrons. The molecule has 0 aliphatic rings. The molecule has 1 aromatic heterocycles. The second kappa shape index (κ2) is 4.48. The number of carboxylic acids is 1. The summed E-state index contributed by atoms with van der Waals surface area (Å²) in [6, 6.07) is 4.43. The van der Waals surface area contributed by atoms with Crippen molar-refractivity contribution in [2.75, 3.05) is 0 Å². The summed E-state index contributed by atoms with van der Waals surface area (Å²) in [4.78, 5) is 18.2. The quantitative estimate of drug-likeness (QED) is 0.889. The lowest BCUT2D eigenvalue weighted by atomic mass is 10.1. The fraction of sp³-hybridized carbons (Fsp3) is 0.0833. The first-order chi connectivity index (χ1) is 8.47. The van der Waals surface area contributed by atoms with Crippen LogP contribution in [0, 0.1) is 18.6 Å². The van der Waals surface area contributed by atoms with Crippen molar-refractivity contribution in [1.29, 1.82) is 0 Å². The van der Waals surface area contributed by atoms with E-state index >= 15 is 0 Å². The van der Waals surface area contributed by atoms with E-state index in [2.05, 4.69) is 9.97 Å². The van der Waals surface area contributed by atoms with Crippen LogP contribution in [0.1, 0.15) is 16.3 Å². The number of benzene rings is 1. The molecule has 0 aliphatic heterocycles. The molecule has 0 saturated heterocycles. The van der Waals surface area contributed by atoms with Crippen LogP contribution >= 0.6 is 0 Å². The molecule has 1 heterocycles. The lowest BCUT2D eigenvalue weighted by Gasteiger charge is -2.05. The van der Waals surface area contributed by atoms with Gasteiger partial charge < -0.3 is 5.11 Å².